The minimum absolute atomic E-state index is 0.197. The van der Waals surface area contributed by atoms with Crippen molar-refractivity contribution in [2.24, 2.45) is 0 Å². The van der Waals surface area contributed by atoms with Crippen molar-refractivity contribution in [2.45, 2.75) is 19.3 Å². The van der Waals surface area contributed by atoms with Crippen LogP contribution in [0.25, 0.3) is 64.0 Å². The molecular formula is C43H29NOS. The molecular weight excluding hydrogens is 579 g/mol. The van der Waals surface area contributed by atoms with Crippen molar-refractivity contribution in [3.63, 3.8) is 0 Å². The lowest BCUT2D eigenvalue weighted by Gasteiger charge is -2.28. The number of furan rings is 1. The Labute approximate surface area is 270 Å². The molecule has 2 aromatic heterocycles. The number of para-hydroxylation sites is 2. The number of thiophene rings is 1. The van der Waals surface area contributed by atoms with Crippen LogP contribution in [0.4, 0.5) is 17.1 Å². The Morgan fingerprint density at radius 2 is 1.26 bits per heavy atom. The Hall–Kier alpha value is -5.38. The Kier molecular flexibility index (Phi) is 5.25. The van der Waals surface area contributed by atoms with Crippen molar-refractivity contribution in [2.75, 3.05) is 4.90 Å². The Bertz CT molecular complexity index is 2680. The highest BCUT2D eigenvalue weighted by Gasteiger charge is 2.40. The highest BCUT2D eigenvalue weighted by molar-refractivity contribution is 7.26. The van der Waals surface area contributed by atoms with E-state index in [9.17, 15) is 0 Å². The fourth-order valence-electron chi connectivity index (χ4n) is 8.07. The van der Waals surface area contributed by atoms with E-state index < -0.39 is 0 Å². The third kappa shape index (κ3) is 3.41. The number of fused-ring (bicyclic) bond motifs is 13. The Morgan fingerprint density at radius 3 is 2.11 bits per heavy atom. The van der Waals surface area contributed by atoms with E-state index >= 15 is 0 Å². The van der Waals surface area contributed by atoms with E-state index in [0.29, 0.717) is 0 Å². The summed E-state index contributed by atoms with van der Waals surface area (Å²) in [5, 5.41) is 7.51. The first-order chi connectivity index (χ1) is 22.6. The molecule has 0 fully saturated rings. The summed E-state index contributed by atoms with van der Waals surface area (Å²) in [6.45, 7) is 4.73. The van der Waals surface area contributed by atoms with Crippen LogP contribution in [0.2, 0.25) is 0 Å². The lowest BCUT2D eigenvalue weighted by molar-refractivity contribution is 0.657. The number of rotatable bonds is 3. The highest BCUT2D eigenvalue weighted by Crippen LogP contribution is 2.57. The van der Waals surface area contributed by atoms with E-state index in [-0.39, 0.29) is 5.41 Å². The van der Waals surface area contributed by atoms with Gasteiger partial charge in [-0.1, -0.05) is 105 Å². The third-order valence-corrected chi connectivity index (χ3v) is 11.1. The van der Waals surface area contributed by atoms with Crippen LogP contribution < -0.4 is 4.90 Å². The first-order valence-corrected chi connectivity index (χ1v) is 16.7. The minimum Gasteiger partial charge on any atom is -0.455 e. The van der Waals surface area contributed by atoms with Gasteiger partial charge in [0.2, 0.25) is 0 Å². The molecule has 1 aliphatic rings. The molecule has 0 spiro atoms. The molecule has 10 rings (SSSR count). The number of hydrogen-bond acceptors (Lipinski definition) is 3. The number of hydrogen-bond donors (Lipinski definition) is 0. The van der Waals surface area contributed by atoms with Gasteiger partial charge < -0.3 is 9.32 Å². The van der Waals surface area contributed by atoms with Crippen LogP contribution in [0.15, 0.2) is 144 Å². The fourth-order valence-corrected chi connectivity index (χ4v) is 9.19. The fraction of sp³-hybridized carbons (Fsp3) is 0.0698. The molecule has 0 aliphatic heterocycles. The van der Waals surface area contributed by atoms with Crippen LogP contribution in [-0.2, 0) is 5.41 Å². The summed E-state index contributed by atoms with van der Waals surface area (Å²) in [5.41, 5.74) is 10.3. The van der Waals surface area contributed by atoms with Gasteiger partial charge in [-0.25, -0.2) is 0 Å². The summed E-state index contributed by atoms with van der Waals surface area (Å²) in [4.78, 5) is 2.43. The molecule has 0 saturated carbocycles. The molecule has 0 amide bonds. The van der Waals surface area contributed by atoms with Crippen molar-refractivity contribution >= 4 is 81.3 Å². The van der Waals surface area contributed by atoms with Crippen LogP contribution >= 0.6 is 11.3 Å². The molecule has 0 N–H and O–H groups in total. The summed E-state index contributed by atoms with van der Waals surface area (Å²) < 4.78 is 9.41. The van der Waals surface area contributed by atoms with E-state index in [0.717, 1.165) is 22.5 Å². The zero-order valence-electron chi connectivity index (χ0n) is 25.5. The molecule has 3 heteroatoms. The highest BCUT2D eigenvalue weighted by atomic mass is 32.1. The zero-order valence-corrected chi connectivity index (χ0v) is 26.4. The summed E-state index contributed by atoms with van der Waals surface area (Å²) in [6.07, 6.45) is 0. The second-order valence-corrected chi connectivity index (χ2v) is 14.0. The van der Waals surface area contributed by atoms with E-state index in [1.54, 1.807) is 0 Å². The average Bonchev–Trinajstić information content (AvgIpc) is 3.74. The maximum Gasteiger partial charge on any atom is 0.144 e. The van der Waals surface area contributed by atoms with Crippen LogP contribution in [0, 0.1) is 0 Å². The van der Waals surface area contributed by atoms with Gasteiger partial charge in [0, 0.05) is 53.3 Å². The van der Waals surface area contributed by atoms with Gasteiger partial charge in [-0.05, 0) is 76.0 Å². The van der Waals surface area contributed by atoms with Crippen LogP contribution in [0.5, 0.6) is 0 Å². The van der Waals surface area contributed by atoms with E-state index in [4.69, 9.17) is 4.42 Å². The van der Waals surface area contributed by atoms with Gasteiger partial charge in [-0.3, -0.25) is 0 Å². The zero-order chi connectivity index (χ0) is 30.6. The van der Waals surface area contributed by atoms with Gasteiger partial charge in [0.05, 0.1) is 5.69 Å². The summed E-state index contributed by atoms with van der Waals surface area (Å²) in [5.74, 6) is 0. The molecule has 7 aromatic carbocycles. The molecule has 0 unspecified atom stereocenters. The Balaban J connectivity index is 1.31. The van der Waals surface area contributed by atoms with Crippen molar-refractivity contribution in [3.05, 3.63) is 151 Å². The molecule has 218 valence electrons. The first-order valence-electron chi connectivity index (χ1n) is 15.9. The molecule has 1 aliphatic carbocycles. The van der Waals surface area contributed by atoms with Gasteiger partial charge in [-0.2, -0.15) is 0 Å². The molecule has 2 nitrogen and oxygen atoms in total. The summed E-state index contributed by atoms with van der Waals surface area (Å²) in [7, 11) is 0. The van der Waals surface area contributed by atoms with Gasteiger partial charge in [0.15, 0.2) is 0 Å². The van der Waals surface area contributed by atoms with Gasteiger partial charge in [0.1, 0.15) is 11.2 Å². The minimum atomic E-state index is -0.197. The quantitative estimate of drug-likeness (QED) is 0.199. The maximum absolute atomic E-state index is 6.81. The number of benzene rings is 7. The third-order valence-electron chi connectivity index (χ3n) is 10.0. The van der Waals surface area contributed by atoms with E-state index in [2.05, 4.69) is 158 Å². The van der Waals surface area contributed by atoms with Crippen LogP contribution in [0.1, 0.15) is 25.0 Å². The van der Waals surface area contributed by atoms with Crippen molar-refractivity contribution in [1.82, 2.24) is 0 Å². The van der Waals surface area contributed by atoms with Gasteiger partial charge >= 0.3 is 0 Å². The van der Waals surface area contributed by atoms with Gasteiger partial charge in [0.25, 0.3) is 0 Å². The first kappa shape index (κ1) is 25.9. The lowest BCUT2D eigenvalue weighted by Crippen LogP contribution is -2.16. The predicted octanol–water partition coefficient (Wildman–Crippen LogP) is 12.9. The van der Waals surface area contributed by atoms with E-state index in [1.807, 2.05) is 11.3 Å². The predicted molar refractivity (Wildman–Crippen MR) is 196 cm³/mol. The maximum atomic E-state index is 6.81. The SMILES string of the molecule is CC1(C)c2ccc(N(c3ccccc3)c3cccc4sc5ccccc5c34)cc2-c2c1c1ccccc1c1c2oc2ccccc21. The molecule has 0 saturated heterocycles. The molecule has 2 heterocycles. The molecule has 0 radical (unpaired) electrons. The normalized spacial score (nSPS) is 13.6. The molecule has 0 bridgehead atoms. The monoisotopic (exact) mass is 607 g/mol. The standard InChI is InChI=1S/C43H29NOS/c1-43(2)33-24-23-27(44(26-13-4-3-5-14-26)34-19-12-22-37-39(34)31-18-9-11-21-36(31)46-37)25-32(33)40-41(43)29-16-7-6-15-28(29)38-30-17-8-10-20-35(30)45-42(38)40/h3-25H,1-2H3. The van der Waals surface area contributed by atoms with Crippen LogP contribution in [0.3, 0.4) is 0 Å². The van der Waals surface area contributed by atoms with Crippen LogP contribution in [-0.4, -0.2) is 0 Å². The number of nitrogens with zero attached hydrogens (tertiary/aromatic N) is 1. The molecule has 0 atom stereocenters. The Morgan fingerprint density at radius 1 is 0.565 bits per heavy atom. The molecule has 9 aromatic rings. The summed E-state index contributed by atoms with van der Waals surface area (Å²) in [6, 6.07) is 50.7. The second kappa shape index (κ2) is 9.32. The van der Waals surface area contributed by atoms with Crippen molar-refractivity contribution in [3.8, 4) is 11.1 Å². The average molecular weight is 608 g/mol. The lowest BCUT2D eigenvalue weighted by atomic mass is 9.79. The largest absolute Gasteiger partial charge is 0.455 e. The van der Waals surface area contributed by atoms with Crippen molar-refractivity contribution in [1.29, 1.82) is 0 Å². The van der Waals surface area contributed by atoms with Crippen molar-refractivity contribution < 1.29 is 4.42 Å². The second-order valence-electron chi connectivity index (χ2n) is 12.9. The number of anilines is 3. The van der Waals surface area contributed by atoms with Gasteiger partial charge in [-0.15, -0.1) is 11.3 Å². The summed E-state index contributed by atoms with van der Waals surface area (Å²) >= 11 is 1.86. The topological polar surface area (TPSA) is 16.4 Å². The smallest absolute Gasteiger partial charge is 0.144 e. The molecule has 46 heavy (non-hydrogen) atoms. The van der Waals surface area contributed by atoms with E-state index in [1.165, 1.54) is 69.7 Å².